The second kappa shape index (κ2) is 8.23. The first-order chi connectivity index (χ1) is 14.4. The Labute approximate surface area is 175 Å². The molecule has 0 aliphatic carbocycles. The molecule has 2 aromatic heterocycles. The zero-order valence-corrected chi connectivity index (χ0v) is 17.0. The van der Waals surface area contributed by atoms with Gasteiger partial charge in [-0.1, -0.05) is 17.8 Å². The fraction of sp³-hybridized carbons (Fsp3) is 0.136. The van der Waals surface area contributed by atoms with E-state index in [0.717, 1.165) is 23.1 Å². The largest absolute Gasteiger partial charge is 0.411 e. The summed E-state index contributed by atoms with van der Waals surface area (Å²) in [6.07, 6.45) is 0. The number of rotatable bonds is 6. The first kappa shape index (κ1) is 20.0. The lowest BCUT2D eigenvalue weighted by Crippen LogP contribution is -2.05. The Balaban J connectivity index is 1.49. The summed E-state index contributed by atoms with van der Waals surface area (Å²) in [4.78, 5) is 12.8. The van der Waals surface area contributed by atoms with Crippen molar-refractivity contribution in [3.8, 4) is 17.1 Å². The van der Waals surface area contributed by atoms with Gasteiger partial charge >= 0.3 is 0 Å². The first-order valence-electron chi connectivity index (χ1n) is 9.12. The zero-order chi connectivity index (χ0) is 21.3. The number of carbonyl (C=O) groups excluding carboxylic acids is 1. The number of hydrogen-bond acceptors (Lipinski definition) is 5. The van der Waals surface area contributed by atoms with E-state index in [1.165, 1.54) is 24.3 Å². The molecular weight excluding hydrogens is 408 g/mol. The van der Waals surface area contributed by atoms with Crippen LogP contribution >= 0.6 is 11.8 Å². The van der Waals surface area contributed by atoms with Crippen LogP contribution in [0, 0.1) is 25.5 Å². The minimum absolute atomic E-state index is 0.0997. The molecule has 0 saturated heterocycles. The highest BCUT2D eigenvalue weighted by Crippen LogP contribution is 2.26. The SMILES string of the molecule is Cc1cc(C(=O)CSc2nnc(-c3ccc(F)cc3)o2)c(C)n1-c1cccc(F)c1. The standard InChI is InChI=1S/C22H17F2N3O2S/c1-13-10-19(14(2)27(13)18-5-3-4-17(24)11-18)20(28)12-30-22-26-25-21(29-22)15-6-8-16(23)9-7-15/h3-11H,12H2,1-2H3. The van der Waals surface area contributed by atoms with Crippen molar-refractivity contribution in [3.05, 3.63) is 83.2 Å². The summed E-state index contributed by atoms with van der Waals surface area (Å²) in [5, 5.41) is 8.13. The molecule has 0 unspecified atom stereocenters. The summed E-state index contributed by atoms with van der Waals surface area (Å²) in [7, 11) is 0. The molecular formula is C22H17F2N3O2S. The van der Waals surface area contributed by atoms with Gasteiger partial charge in [-0.05, 0) is 62.4 Å². The van der Waals surface area contributed by atoms with Crippen molar-refractivity contribution in [2.75, 3.05) is 5.75 Å². The Morgan fingerprint density at radius 2 is 1.80 bits per heavy atom. The molecule has 4 rings (SSSR count). The second-order valence-corrected chi connectivity index (χ2v) is 7.62. The van der Waals surface area contributed by atoms with Crippen LogP contribution in [-0.4, -0.2) is 26.3 Å². The van der Waals surface area contributed by atoms with Gasteiger partial charge in [0.2, 0.25) is 5.89 Å². The van der Waals surface area contributed by atoms with Gasteiger partial charge in [-0.3, -0.25) is 4.79 Å². The fourth-order valence-electron chi connectivity index (χ4n) is 3.24. The molecule has 2 aromatic carbocycles. The van der Waals surface area contributed by atoms with Gasteiger partial charge in [0.25, 0.3) is 5.22 Å². The predicted octanol–water partition coefficient (Wildman–Crippen LogP) is 5.40. The van der Waals surface area contributed by atoms with Gasteiger partial charge in [0, 0.05) is 28.2 Å². The van der Waals surface area contributed by atoms with E-state index >= 15 is 0 Å². The Hall–Kier alpha value is -3.26. The molecule has 5 nitrogen and oxygen atoms in total. The number of hydrogen-bond donors (Lipinski definition) is 0. The lowest BCUT2D eigenvalue weighted by Gasteiger charge is -2.09. The Morgan fingerprint density at radius 1 is 1.03 bits per heavy atom. The van der Waals surface area contributed by atoms with Crippen molar-refractivity contribution in [2.24, 2.45) is 0 Å². The quantitative estimate of drug-likeness (QED) is 0.306. The van der Waals surface area contributed by atoms with E-state index in [1.54, 1.807) is 30.3 Å². The van der Waals surface area contributed by atoms with Crippen LogP contribution in [0.4, 0.5) is 8.78 Å². The Bertz CT molecular complexity index is 1220. The van der Waals surface area contributed by atoms with Gasteiger partial charge in [-0.2, -0.15) is 0 Å². The third-order valence-electron chi connectivity index (χ3n) is 4.62. The molecule has 152 valence electrons. The molecule has 4 aromatic rings. The van der Waals surface area contributed by atoms with Crippen LogP contribution in [0.15, 0.2) is 64.2 Å². The average Bonchev–Trinajstić information content (AvgIpc) is 3.31. The van der Waals surface area contributed by atoms with Crippen LogP contribution in [0.5, 0.6) is 0 Å². The molecule has 8 heteroatoms. The van der Waals surface area contributed by atoms with Crippen molar-refractivity contribution in [3.63, 3.8) is 0 Å². The minimum Gasteiger partial charge on any atom is -0.411 e. The average molecular weight is 425 g/mol. The minimum atomic E-state index is -0.352. The monoisotopic (exact) mass is 425 g/mol. The van der Waals surface area contributed by atoms with Crippen molar-refractivity contribution in [1.82, 2.24) is 14.8 Å². The molecule has 0 amide bonds. The van der Waals surface area contributed by atoms with Gasteiger partial charge in [0.15, 0.2) is 5.78 Å². The molecule has 0 saturated carbocycles. The second-order valence-electron chi connectivity index (χ2n) is 6.69. The molecule has 0 bridgehead atoms. The van der Waals surface area contributed by atoms with Crippen molar-refractivity contribution in [1.29, 1.82) is 0 Å². The summed E-state index contributed by atoms with van der Waals surface area (Å²) in [5.41, 5.74) is 3.39. The van der Waals surface area contributed by atoms with E-state index in [4.69, 9.17) is 4.42 Å². The normalized spacial score (nSPS) is 11.1. The number of carbonyl (C=O) groups is 1. The number of thioether (sulfide) groups is 1. The Kier molecular flexibility index (Phi) is 5.50. The van der Waals surface area contributed by atoms with Crippen LogP contribution in [-0.2, 0) is 0 Å². The number of nitrogens with zero attached hydrogens (tertiary/aromatic N) is 3. The van der Waals surface area contributed by atoms with E-state index in [9.17, 15) is 13.6 Å². The lowest BCUT2D eigenvalue weighted by atomic mass is 10.2. The van der Waals surface area contributed by atoms with E-state index in [-0.39, 0.29) is 34.3 Å². The molecule has 0 atom stereocenters. The van der Waals surface area contributed by atoms with Crippen LogP contribution in [0.2, 0.25) is 0 Å². The van der Waals surface area contributed by atoms with E-state index in [0.29, 0.717) is 16.8 Å². The number of aryl methyl sites for hydroxylation is 1. The molecule has 30 heavy (non-hydrogen) atoms. The number of benzene rings is 2. The molecule has 0 aliphatic heterocycles. The van der Waals surface area contributed by atoms with E-state index in [2.05, 4.69) is 10.2 Å². The fourth-order valence-corrected chi connectivity index (χ4v) is 3.89. The molecule has 2 heterocycles. The number of ketones is 1. The predicted molar refractivity (Wildman–Crippen MR) is 110 cm³/mol. The highest BCUT2D eigenvalue weighted by Gasteiger charge is 2.18. The third-order valence-corrected chi connectivity index (χ3v) is 5.44. The Morgan fingerprint density at radius 3 is 2.53 bits per heavy atom. The van der Waals surface area contributed by atoms with Crippen LogP contribution < -0.4 is 0 Å². The van der Waals surface area contributed by atoms with Crippen LogP contribution in [0.3, 0.4) is 0 Å². The first-order valence-corrected chi connectivity index (χ1v) is 10.1. The van der Waals surface area contributed by atoms with E-state index < -0.39 is 0 Å². The summed E-state index contributed by atoms with van der Waals surface area (Å²) in [6.45, 7) is 3.70. The van der Waals surface area contributed by atoms with Crippen LogP contribution in [0.25, 0.3) is 17.1 Å². The van der Waals surface area contributed by atoms with Gasteiger partial charge in [-0.25, -0.2) is 8.78 Å². The number of aromatic nitrogens is 3. The third kappa shape index (κ3) is 4.04. The molecule has 0 N–H and O–H groups in total. The smallest absolute Gasteiger partial charge is 0.277 e. The molecule has 0 spiro atoms. The summed E-state index contributed by atoms with van der Waals surface area (Å²) < 4.78 is 34.1. The lowest BCUT2D eigenvalue weighted by molar-refractivity contribution is 0.102. The summed E-state index contributed by atoms with van der Waals surface area (Å²) in [6, 6.07) is 13.7. The van der Waals surface area contributed by atoms with Crippen molar-refractivity contribution >= 4 is 17.5 Å². The van der Waals surface area contributed by atoms with Gasteiger partial charge < -0.3 is 8.98 Å². The molecule has 0 fully saturated rings. The summed E-state index contributed by atoms with van der Waals surface area (Å²) >= 11 is 1.13. The van der Waals surface area contributed by atoms with Crippen LogP contribution in [0.1, 0.15) is 21.7 Å². The number of Topliss-reactive ketones (excluding diaryl/α,β-unsaturated/α-hetero) is 1. The molecule has 0 radical (unpaired) electrons. The van der Waals surface area contributed by atoms with Crippen molar-refractivity contribution < 1.29 is 18.0 Å². The van der Waals surface area contributed by atoms with Gasteiger partial charge in [0.1, 0.15) is 11.6 Å². The van der Waals surface area contributed by atoms with Gasteiger partial charge in [-0.15, -0.1) is 10.2 Å². The highest BCUT2D eigenvalue weighted by atomic mass is 32.2. The zero-order valence-electron chi connectivity index (χ0n) is 16.2. The maximum absolute atomic E-state index is 13.6. The highest BCUT2D eigenvalue weighted by molar-refractivity contribution is 7.99. The van der Waals surface area contributed by atoms with E-state index in [1.807, 2.05) is 18.4 Å². The maximum Gasteiger partial charge on any atom is 0.277 e. The van der Waals surface area contributed by atoms with Crippen molar-refractivity contribution in [2.45, 2.75) is 19.1 Å². The number of halogens is 2. The summed E-state index contributed by atoms with van der Waals surface area (Å²) in [5.74, 6) is -0.420. The maximum atomic E-state index is 13.6. The topological polar surface area (TPSA) is 60.9 Å². The molecule has 0 aliphatic rings. The van der Waals surface area contributed by atoms with Gasteiger partial charge in [0.05, 0.1) is 5.75 Å².